The fraction of sp³-hybridized carbons (Fsp3) is 0.214. The minimum Gasteiger partial charge on any atom is -0.497 e. The van der Waals surface area contributed by atoms with Crippen molar-refractivity contribution < 1.29 is 38.0 Å². The summed E-state index contributed by atoms with van der Waals surface area (Å²) in [5, 5.41) is 13.5. The topological polar surface area (TPSA) is 158 Å². The van der Waals surface area contributed by atoms with Crippen molar-refractivity contribution in [3.63, 3.8) is 0 Å². The zero-order chi connectivity index (χ0) is 30.4. The molecule has 4 rings (SSSR count). The molecule has 0 saturated carbocycles. The number of nitrogens with zero attached hydrogens (tertiary/aromatic N) is 2. The van der Waals surface area contributed by atoms with Crippen LogP contribution in [0, 0.1) is 10.1 Å². The molecule has 1 aliphatic rings. The highest BCUT2D eigenvalue weighted by Gasteiger charge is 2.36. The molecule has 2 heterocycles. The maximum Gasteiger partial charge on any atom is 0.339 e. The highest BCUT2D eigenvalue weighted by molar-refractivity contribution is 8.18. The summed E-state index contributed by atoms with van der Waals surface area (Å²) in [6.07, 6.45) is 2.85. The van der Waals surface area contributed by atoms with Crippen LogP contribution in [0.3, 0.4) is 0 Å². The molecule has 1 fully saturated rings. The van der Waals surface area contributed by atoms with Gasteiger partial charge in [-0.2, -0.15) is 0 Å². The lowest BCUT2D eigenvalue weighted by molar-refractivity contribution is -0.384. The van der Waals surface area contributed by atoms with Crippen LogP contribution in [0.2, 0.25) is 5.02 Å². The van der Waals surface area contributed by atoms with Crippen LogP contribution in [0.25, 0.3) is 17.4 Å². The molecule has 3 amide bonds. The molecule has 42 heavy (non-hydrogen) atoms. The van der Waals surface area contributed by atoms with Gasteiger partial charge in [-0.3, -0.25) is 29.4 Å². The molecular formula is C28H24ClN3O9S. The SMILES string of the molecule is CCCCOC(=O)c1cc(NC(=O)CN2C(=O)S/C(=C/c3ccc(-c4ccc(OC)cc4[N+](=O)[O-])o3)C2=O)ccc1Cl. The molecule has 0 atom stereocenters. The standard InChI is InChI=1S/C28H24ClN3O9S/c1-3-4-11-40-27(35)20-12-16(5-9-21(20)29)30-25(33)15-31-26(34)24(42-28(31)36)14-18-7-10-23(41-18)19-8-6-17(39-2)13-22(19)32(37)38/h5-10,12-14H,3-4,11,15H2,1-2H3,(H,30,33)/b24-14+. The van der Waals surface area contributed by atoms with Gasteiger partial charge in [0, 0.05) is 11.8 Å². The second-order valence-corrected chi connectivity index (χ2v) is 10.2. The molecule has 0 radical (unpaired) electrons. The molecule has 12 nitrogen and oxygen atoms in total. The van der Waals surface area contributed by atoms with E-state index in [1.807, 2.05) is 6.92 Å². The van der Waals surface area contributed by atoms with E-state index in [0.717, 1.165) is 11.3 Å². The van der Waals surface area contributed by atoms with Gasteiger partial charge in [-0.1, -0.05) is 24.9 Å². The molecule has 14 heteroatoms. The summed E-state index contributed by atoms with van der Waals surface area (Å²) in [5.41, 5.74) is 0.259. The maximum absolute atomic E-state index is 12.9. The van der Waals surface area contributed by atoms with Gasteiger partial charge >= 0.3 is 5.97 Å². The Kier molecular flexibility index (Phi) is 9.65. The first-order chi connectivity index (χ1) is 20.1. The van der Waals surface area contributed by atoms with E-state index in [1.54, 1.807) is 6.07 Å². The number of nitro groups is 1. The van der Waals surface area contributed by atoms with Gasteiger partial charge in [-0.25, -0.2) is 4.79 Å². The van der Waals surface area contributed by atoms with Crippen molar-refractivity contribution in [1.82, 2.24) is 4.90 Å². The highest BCUT2D eigenvalue weighted by atomic mass is 35.5. The van der Waals surface area contributed by atoms with E-state index in [1.165, 1.54) is 55.7 Å². The first-order valence-corrected chi connectivity index (χ1v) is 13.7. The minimum absolute atomic E-state index is 0.00142. The van der Waals surface area contributed by atoms with Gasteiger partial charge in [0.2, 0.25) is 5.91 Å². The quantitative estimate of drug-likeness (QED) is 0.0874. The second-order valence-electron chi connectivity index (χ2n) is 8.84. The lowest BCUT2D eigenvalue weighted by Crippen LogP contribution is -2.36. The monoisotopic (exact) mass is 613 g/mol. The third kappa shape index (κ3) is 6.98. The normalized spacial score (nSPS) is 13.9. The van der Waals surface area contributed by atoms with E-state index in [9.17, 15) is 29.3 Å². The van der Waals surface area contributed by atoms with Crippen LogP contribution in [0.4, 0.5) is 16.2 Å². The third-order valence-electron chi connectivity index (χ3n) is 5.94. The number of rotatable bonds is 11. The molecule has 1 N–H and O–H groups in total. The van der Waals surface area contributed by atoms with Crippen molar-refractivity contribution >= 4 is 63.8 Å². The maximum atomic E-state index is 12.9. The molecule has 0 unspecified atom stereocenters. The Balaban J connectivity index is 1.44. The van der Waals surface area contributed by atoms with E-state index < -0.39 is 34.5 Å². The number of amides is 3. The summed E-state index contributed by atoms with van der Waals surface area (Å²) < 4.78 is 15.9. The van der Waals surface area contributed by atoms with Gasteiger partial charge in [-0.05, 0) is 60.6 Å². The number of ether oxygens (including phenoxy) is 2. The number of benzene rings is 2. The summed E-state index contributed by atoms with van der Waals surface area (Å²) in [7, 11) is 1.39. The largest absolute Gasteiger partial charge is 0.497 e. The molecule has 0 spiro atoms. The van der Waals surface area contributed by atoms with Crippen molar-refractivity contribution in [3.8, 4) is 17.1 Å². The predicted octanol–water partition coefficient (Wildman–Crippen LogP) is 6.15. The molecule has 0 aliphatic carbocycles. The van der Waals surface area contributed by atoms with Crippen molar-refractivity contribution in [2.75, 3.05) is 25.6 Å². The smallest absolute Gasteiger partial charge is 0.339 e. The van der Waals surface area contributed by atoms with Crippen molar-refractivity contribution in [3.05, 3.63) is 79.9 Å². The number of nitro benzene ring substituents is 1. The zero-order valence-electron chi connectivity index (χ0n) is 22.4. The summed E-state index contributed by atoms with van der Waals surface area (Å²) in [6.45, 7) is 1.61. The minimum atomic E-state index is -0.718. The van der Waals surface area contributed by atoms with Crippen LogP contribution >= 0.6 is 23.4 Å². The number of carbonyl (C=O) groups is 4. The van der Waals surface area contributed by atoms with Gasteiger partial charge in [0.05, 0.1) is 45.8 Å². The molecule has 3 aromatic rings. The Morgan fingerprint density at radius 3 is 2.67 bits per heavy atom. The van der Waals surface area contributed by atoms with Gasteiger partial charge in [0.1, 0.15) is 23.8 Å². The lowest BCUT2D eigenvalue weighted by Gasteiger charge is -2.13. The van der Waals surface area contributed by atoms with E-state index in [-0.39, 0.29) is 50.6 Å². The first kappa shape index (κ1) is 30.3. The van der Waals surface area contributed by atoms with Crippen LogP contribution in [0.5, 0.6) is 5.75 Å². The van der Waals surface area contributed by atoms with Crippen LogP contribution in [-0.2, 0) is 14.3 Å². The summed E-state index contributed by atoms with van der Waals surface area (Å²) in [5.74, 6) is -1.39. The number of carbonyl (C=O) groups excluding carboxylic acids is 4. The van der Waals surface area contributed by atoms with Gasteiger partial charge in [0.25, 0.3) is 16.8 Å². The number of esters is 1. The van der Waals surface area contributed by atoms with Gasteiger partial charge < -0.3 is 19.2 Å². The number of halogens is 1. The number of methoxy groups -OCH3 is 1. The number of unbranched alkanes of at least 4 members (excludes halogenated alkanes) is 1. The average Bonchev–Trinajstić information content (AvgIpc) is 3.53. The van der Waals surface area contributed by atoms with E-state index in [4.69, 9.17) is 25.5 Å². The molecule has 1 aromatic heterocycles. The van der Waals surface area contributed by atoms with Crippen LogP contribution in [-0.4, -0.2) is 53.1 Å². The van der Waals surface area contributed by atoms with Crippen LogP contribution < -0.4 is 10.1 Å². The second kappa shape index (κ2) is 13.4. The number of hydrogen-bond donors (Lipinski definition) is 1. The Bertz CT molecular complexity index is 1600. The third-order valence-corrected chi connectivity index (χ3v) is 7.18. The summed E-state index contributed by atoms with van der Waals surface area (Å²) in [6, 6.07) is 11.5. The fourth-order valence-corrected chi connectivity index (χ4v) is 4.84. The fourth-order valence-electron chi connectivity index (χ4n) is 3.83. The molecule has 218 valence electrons. The Hall–Kier alpha value is -4.62. The summed E-state index contributed by atoms with van der Waals surface area (Å²) in [4.78, 5) is 62.2. The Labute approximate surface area is 248 Å². The van der Waals surface area contributed by atoms with E-state index >= 15 is 0 Å². The number of anilines is 1. The van der Waals surface area contributed by atoms with Gasteiger partial charge in [-0.15, -0.1) is 0 Å². The number of hydrogen-bond acceptors (Lipinski definition) is 10. The predicted molar refractivity (Wildman–Crippen MR) is 155 cm³/mol. The Morgan fingerprint density at radius 2 is 1.95 bits per heavy atom. The average molecular weight is 614 g/mol. The van der Waals surface area contributed by atoms with E-state index in [2.05, 4.69) is 5.32 Å². The van der Waals surface area contributed by atoms with Gasteiger partial charge in [0.15, 0.2) is 0 Å². The lowest BCUT2D eigenvalue weighted by atomic mass is 10.1. The van der Waals surface area contributed by atoms with Crippen molar-refractivity contribution in [1.29, 1.82) is 0 Å². The highest BCUT2D eigenvalue weighted by Crippen LogP contribution is 2.36. The van der Waals surface area contributed by atoms with Crippen molar-refractivity contribution in [2.45, 2.75) is 19.8 Å². The number of imide groups is 1. The number of furan rings is 1. The summed E-state index contributed by atoms with van der Waals surface area (Å²) >= 11 is 6.72. The molecule has 0 bridgehead atoms. The zero-order valence-corrected chi connectivity index (χ0v) is 24.0. The number of thioether (sulfide) groups is 1. The van der Waals surface area contributed by atoms with Crippen LogP contribution in [0.1, 0.15) is 35.9 Å². The van der Waals surface area contributed by atoms with E-state index in [0.29, 0.717) is 23.9 Å². The first-order valence-electron chi connectivity index (χ1n) is 12.6. The Morgan fingerprint density at radius 1 is 1.17 bits per heavy atom. The number of nitrogens with one attached hydrogen (secondary N) is 1. The molecule has 1 saturated heterocycles. The molecular weight excluding hydrogens is 590 g/mol. The van der Waals surface area contributed by atoms with Crippen LogP contribution in [0.15, 0.2) is 57.9 Å². The van der Waals surface area contributed by atoms with Crippen molar-refractivity contribution in [2.24, 2.45) is 0 Å². The molecule has 2 aromatic carbocycles. The molecule has 1 aliphatic heterocycles.